The first kappa shape index (κ1) is 17.3. The molecule has 1 fully saturated rings. The number of hydrogen-bond acceptors (Lipinski definition) is 6. The Morgan fingerprint density at radius 2 is 2.04 bits per heavy atom. The monoisotopic (exact) mass is 369 g/mol. The minimum Gasteiger partial charge on any atom is -0.492 e. The lowest BCUT2D eigenvalue weighted by molar-refractivity contribution is 0.0322. The minimum absolute atomic E-state index is 0.696. The molecule has 1 N–H and O–H groups in total. The van der Waals surface area contributed by atoms with Crippen LogP contribution in [0.25, 0.3) is 10.2 Å². The highest BCUT2D eigenvalue weighted by atomic mass is 32.1. The average molecular weight is 369 g/mol. The Morgan fingerprint density at radius 1 is 1.15 bits per heavy atom. The van der Waals surface area contributed by atoms with E-state index in [2.05, 4.69) is 32.7 Å². The van der Waals surface area contributed by atoms with Crippen LogP contribution in [0.5, 0.6) is 5.75 Å². The number of pyridine rings is 1. The Morgan fingerprint density at radius 3 is 2.96 bits per heavy atom. The van der Waals surface area contributed by atoms with Crippen LogP contribution in [0.2, 0.25) is 0 Å². The van der Waals surface area contributed by atoms with Gasteiger partial charge < -0.3 is 14.8 Å². The summed E-state index contributed by atoms with van der Waals surface area (Å²) in [6.07, 6.45) is 1.85. The summed E-state index contributed by atoms with van der Waals surface area (Å²) in [5, 5.41) is 5.61. The first-order valence-electron chi connectivity index (χ1n) is 8.97. The summed E-state index contributed by atoms with van der Waals surface area (Å²) in [5.74, 6) is 0.949. The summed E-state index contributed by atoms with van der Waals surface area (Å²) in [4.78, 5) is 6.78. The number of benzene rings is 1. The van der Waals surface area contributed by atoms with Crippen molar-refractivity contribution < 1.29 is 9.47 Å². The molecule has 0 aliphatic carbocycles. The molecule has 0 atom stereocenters. The fourth-order valence-corrected chi connectivity index (χ4v) is 3.94. The molecule has 1 aliphatic heterocycles. The molecular weight excluding hydrogens is 346 g/mol. The molecule has 0 radical (unpaired) electrons. The van der Waals surface area contributed by atoms with E-state index in [1.54, 1.807) is 11.3 Å². The number of hydrogen-bond donors (Lipinski definition) is 1. The maximum Gasteiger partial charge on any atom is 0.124 e. The van der Waals surface area contributed by atoms with Crippen molar-refractivity contribution in [1.82, 2.24) is 9.88 Å². The molecule has 0 spiro atoms. The highest BCUT2D eigenvalue weighted by Crippen LogP contribution is 2.28. The van der Waals surface area contributed by atoms with Gasteiger partial charge in [0.1, 0.15) is 12.4 Å². The topological polar surface area (TPSA) is 46.6 Å². The predicted octanol–water partition coefficient (Wildman–Crippen LogP) is 3.62. The highest BCUT2D eigenvalue weighted by Gasteiger charge is 2.11. The number of anilines is 1. The molecule has 0 unspecified atom stereocenters. The van der Waals surface area contributed by atoms with Gasteiger partial charge in [-0.05, 0) is 23.6 Å². The first-order chi connectivity index (χ1) is 12.9. The number of rotatable bonds is 7. The predicted molar refractivity (Wildman–Crippen MR) is 106 cm³/mol. The second-order valence-electron chi connectivity index (χ2n) is 6.26. The fraction of sp³-hybridized carbons (Fsp3) is 0.350. The zero-order valence-electron chi connectivity index (χ0n) is 14.7. The van der Waals surface area contributed by atoms with E-state index in [0.29, 0.717) is 6.61 Å². The van der Waals surface area contributed by atoms with Crippen LogP contribution in [0.4, 0.5) is 5.69 Å². The van der Waals surface area contributed by atoms with Crippen molar-refractivity contribution in [2.24, 2.45) is 0 Å². The van der Waals surface area contributed by atoms with Gasteiger partial charge in [0.25, 0.3) is 0 Å². The molecule has 26 heavy (non-hydrogen) atoms. The van der Waals surface area contributed by atoms with Gasteiger partial charge in [-0.1, -0.05) is 18.2 Å². The normalized spacial score (nSPS) is 15.2. The summed E-state index contributed by atoms with van der Waals surface area (Å²) in [5.41, 5.74) is 3.32. The molecule has 1 saturated heterocycles. The Labute approximate surface area is 157 Å². The second-order valence-corrected chi connectivity index (χ2v) is 7.17. The Bertz CT molecular complexity index is 846. The molecule has 1 aliphatic rings. The standard InChI is InChI=1S/C20H23N3O2S/c1-2-4-19(25-13-10-23-8-11-24-12-9-23)16(3-1)15-22-17-5-7-21-18-6-14-26-20(17)18/h1-7,14H,8-13,15H2,(H,21,22). The van der Waals surface area contributed by atoms with Gasteiger partial charge >= 0.3 is 0 Å². The number of nitrogens with zero attached hydrogens (tertiary/aromatic N) is 2. The number of ether oxygens (including phenoxy) is 2. The average Bonchev–Trinajstić information content (AvgIpc) is 3.17. The minimum atomic E-state index is 0.696. The molecule has 6 heteroatoms. The highest BCUT2D eigenvalue weighted by molar-refractivity contribution is 7.17. The van der Waals surface area contributed by atoms with E-state index in [0.717, 1.165) is 61.9 Å². The third-order valence-corrected chi connectivity index (χ3v) is 5.49. The van der Waals surface area contributed by atoms with Gasteiger partial charge in [0.2, 0.25) is 0 Å². The first-order valence-corrected chi connectivity index (χ1v) is 9.85. The van der Waals surface area contributed by atoms with Gasteiger partial charge in [-0.25, -0.2) is 0 Å². The largest absolute Gasteiger partial charge is 0.492 e. The second kappa shape index (κ2) is 8.49. The molecule has 1 aromatic carbocycles. The number of nitrogens with one attached hydrogen (secondary N) is 1. The van der Waals surface area contributed by atoms with Gasteiger partial charge in [-0.3, -0.25) is 9.88 Å². The zero-order chi connectivity index (χ0) is 17.6. The Balaban J connectivity index is 1.37. The van der Waals surface area contributed by atoms with E-state index in [4.69, 9.17) is 9.47 Å². The number of thiophene rings is 1. The van der Waals surface area contributed by atoms with Crippen LogP contribution >= 0.6 is 11.3 Å². The molecule has 5 nitrogen and oxygen atoms in total. The van der Waals surface area contributed by atoms with Crippen molar-refractivity contribution in [2.75, 3.05) is 44.8 Å². The maximum atomic E-state index is 6.07. The van der Waals surface area contributed by atoms with Crippen LogP contribution in [0, 0.1) is 0 Å². The lowest BCUT2D eigenvalue weighted by Gasteiger charge is -2.26. The van der Waals surface area contributed by atoms with Gasteiger partial charge in [0.05, 0.1) is 29.1 Å². The molecule has 4 rings (SSSR count). The Hall–Kier alpha value is -2.15. The number of fused-ring (bicyclic) bond motifs is 1. The maximum absolute atomic E-state index is 6.07. The van der Waals surface area contributed by atoms with Crippen molar-refractivity contribution in [2.45, 2.75) is 6.54 Å². The van der Waals surface area contributed by atoms with E-state index in [1.165, 1.54) is 4.70 Å². The van der Waals surface area contributed by atoms with E-state index in [-0.39, 0.29) is 0 Å². The molecular formula is C20H23N3O2S. The lowest BCUT2D eigenvalue weighted by atomic mass is 10.2. The van der Waals surface area contributed by atoms with E-state index < -0.39 is 0 Å². The quantitative estimate of drug-likeness (QED) is 0.689. The smallest absolute Gasteiger partial charge is 0.124 e. The van der Waals surface area contributed by atoms with E-state index in [1.807, 2.05) is 30.5 Å². The van der Waals surface area contributed by atoms with Crippen molar-refractivity contribution in [3.05, 3.63) is 53.5 Å². The van der Waals surface area contributed by atoms with Gasteiger partial charge in [0.15, 0.2) is 0 Å². The molecule has 3 aromatic rings. The van der Waals surface area contributed by atoms with Crippen LogP contribution in [0.15, 0.2) is 48.0 Å². The van der Waals surface area contributed by atoms with Crippen LogP contribution in [-0.4, -0.2) is 49.3 Å². The van der Waals surface area contributed by atoms with Crippen LogP contribution in [0.1, 0.15) is 5.56 Å². The van der Waals surface area contributed by atoms with Crippen molar-refractivity contribution in [3.63, 3.8) is 0 Å². The third-order valence-electron chi connectivity index (χ3n) is 4.55. The number of morpholine rings is 1. The summed E-state index contributed by atoms with van der Waals surface area (Å²) in [6.45, 7) is 5.99. The fourth-order valence-electron chi connectivity index (χ4n) is 3.10. The molecule has 0 amide bonds. The van der Waals surface area contributed by atoms with Crippen molar-refractivity contribution in [3.8, 4) is 5.75 Å². The lowest BCUT2D eigenvalue weighted by Crippen LogP contribution is -2.38. The molecule has 2 aromatic heterocycles. The van der Waals surface area contributed by atoms with Crippen molar-refractivity contribution >= 4 is 27.2 Å². The summed E-state index contributed by atoms with van der Waals surface area (Å²) >= 11 is 1.71. The number of aromatic nitrogens is 1. The zero-order valence-corrected chi connectivity index (χ0v) is 15.5. The SMILES string of the molecule is c1ccc(OCCN2CCOCC2)c(CNc2ccnc3ccsc23)c1. The van der Waals surface area contributed by atoms with E-state index >= 15 is 0 Å². The summed E-state index contributed by atoms with van der Waals surface area (Å²) < 4.78 is 12.6. The van der Waals surface area contributed by atoms with Crippen LogP contribution in [0.3, 0.4) is 0 Å². The van der Waals surface area contributed by atoms with E-state index in [9.17, 15) is 0 Å². The van der Waals surface area contributed by atoms with Gasteiger partial charge in [-0.2, -0.15) is 0 Å². The molecule has 0 bridgehead atoms. The van der Waals surface area contributed by atoms with Crippen molar-refractivity contribution in [1.29, 1.82) is 0 Å². The third kappa shape index (κ3) is 4.15. The molecule has 136 valence electrons. The van der Waals surface area contributed by atoms with Gasteiger partial charge in [0, 0.05) is 37.9 Å². The molecule has 0 saturated carbocycles. The number of para-hydroxylation sites is 1. The van der Waals surface area contributed by atoms with Crippen LogP contribution in [-0.2, 0) is 11.3 Å². The van der Waals surface area contributed by atoms with Crippen LogP contribution < -0.4 is 10.1 Å². The summed E-state index contributed by atoms with van der Waals surface area (Å²) in [6, 6.07) is 12.3. The summed E-state index contributed by atoms with van der Waals surface area (Å²) in [7, 11) is 0. The molecule has 3 heterocycles. The van der Waals surface area contributed by atoms with Gasteiger partial charge in [-0.15, -0.1) is 11.3 Å². The Kier molecular flexibility index (Phi) is 5.64.